The largest absolute Gasteiger partial charge is 0.466 e. The molecule has 0 aliphatic heterocycles. The second kappa shape index (κ2) is 2.88. The molecule has 0 saturated carbocycles. The van der Waals surface area contributed by atoms with Crippen LogP contribution in [-0.2, 0) is 0 Å². The molecule has 1 aromatic heterocycles. The van der Waals surface area contributed by atoms with Crippen molar-refractivity contribution in [1.82, 2.24) is 0 Å². The third-order valence-electron chi connectivity index (χ3n) is 1.45. The van der Waals surface area contributed by atoms with Gasteiger partial charge in [-0.15, -0.1) is 0 Å². The van der Waals surface area contributed by atoms with Crippen molar-refractivity contribution >= 4 is 0 Å². The van der Waals surface area contributed by atoms with Gasteiger partial charge in [0, 0.05) is 11.6 Å². The molecule has 1 atom stereocenters. The number of aliphatic hydroxyl groups excluding tert-OH is 1. The first kappa shape index (κ1) is 8.01. The molecule has 11 heavy (non-hydrogen) atoms. The molecule has 0 radical (unpaired) electrons. The minimum atomic E-state index is -0.719. The van der Waals surface area contributed by atoms with Crippen molar-refractivity contribution in [3.05, 3.63) is 33.9 Å². The van der Waals surface area contributed by atoms with E-state index in [-0.39, 0.29) is 5.43 Å². The molecule has 0 aliphatic carbocycles. The van der Waals surface area contributed by atoms with Gasteiger partial charge >= 0.3 is 0 Å². The van der Waals surface area contributed by atoms with Crippen molar-refractivity contribution in [1.29, 1.82) is 0 Å². The molecule has 1 heterocycles. The average molecular weight is 154 g/mol. The SMILES string of the molecule is Cc1coc(C(C)O)cc1=O. The number of aryl methyl sites for hydroxylation is 1. The summed E-state index contributed by atoms with van der Waals surface area (Å²) in [6, 6.07) is 1.31. The summed E-state index contributed by atoms with van der Waals surface area (Å²) in [7, 11) is 0. The van der Waals surface area contributed by atoms with Gasteiger partial charge in [-0.2, -0.15) is 0 Å². The summed E-state index contributed by atoms with van der Waals surface area (Å²) in [4.78, 5) is 11.0. The van der Waals surface area contributed by atoms with E-state index in [0.29, 0.717) is 11.3 Å². The summed E-state index contributed by atoms with van der Waals surface area (Å²) in [5.74, 6) is 0.306. The van der Waals surface area contributed by atoms with E-state index in [9.17, 15) is 4.79 Å². The fraction of sp³-hybridized carbons (Fsp3) is 0.375. The van der Waals surface area contributed by atoms with Gasteiger partial charge in [0.1, 0.15) is 11.9 Å². The zero-order valence-corrected chi connectivity index (χ0v) is 6.50. The van der Waals surface area contributed by atoms with Crippen LogP contribution >= 0.6 is 0 Å². The van der Waals surface area contributed by atoms with Gasteiger partial charge in [-0.25, -0.2) is 0 Å². The van der Waals surface area contributed by atoms with E-state index in [1.807, 2.05) is 0 Å². The Labute approximate surface area is 64.3 Å². The normalized spacial score (nSPS) is 13.0. The molecule has 3 nitrogen and oxygen atoms in total. The maximum atomic E-state index is 11.0. The number of hydrogen-bond acceptors (Lipinski definition) is 3. The number of rotatable bonds is 1. The van der Waals surface area contributed by atoms with Crippen LogP contribution in [0.2, 0.25) is 0 Å². The first-order valence-corrected chi connectivity index (χ1v) is 3.38. The number of hydrogen-bond donors (Lipinski definition) is 1. The maximum absolute atomic E-state index is 11.0. The Morgan fingerprint density at radius 2 is 2.27 bits per heavy atom. The van der Waals surface area contributed by atoms with Gasteiger partial charge in [0.2, 0.25) is 0 Å². The lowest BCUT2D eigenvalue weighted by Crippen LogP contribution is -2.05. The molecule has 3 heteroatoms. The van der Waals surface area contributed by atoms with Crippen molar-refractivity contribution < 1.29 is 9.52 Å². The van der Waals surface area contributed by atoms with Gasteiger partial charge < -0.3 is 9.52 Å². The van der Waals surface area contributed by atoms with E-state index < -0.39 is 6.10 Å². The highest BCUT2D eigenvalue weighted by atomic mass is 16.4. The Morgan fingerprint density at radius 1 is 1.64 bits per heavy atom. The minimum absolute atomic E-state index is 0.104. The first-order chi connectivity index (χ1) is 5.11. The van der Waals surface area contributed by atoms with Crippen LogP contribution in [0, 0.1) is 6.92 Å². The lowest BCUT2D eigenvalue weighted by Gasteiger charge is -2.01. The van der Waals surface area contributed by atoms with Crippen molar-refractivity contribution in [2.24, 2.45) is 0 Å². The summed E-state index contributed by atoms with van der Waals surface area (Å²) in [5.41, 5.74) is 0.446. The predicted octanol–water partition coefficient (Wildman–Crippen LogP) is 1.00. The smallest absolute Gasteiger partial charge is 0.188 e. The molecular weight excluding hydrogens is 144 g/mol. The molecule has 0 spiro atoms. The van der Waals surface area contributed by atoms with Gasteiger partial charge in [-0.1, -0.05) is 0 Å². The van der Waals surface area contributed by atoms with Gasteiger partial charge in [-0.3, -0.25) is 4.79 Å². The summed E-state index contributed by atoms with van der Waals surface area (Å²) < 4.78 is 4.95. The molecule has 0 bridgehead atoms. The van der Waals surface area contributed by atoms with Crippen LogP contribution in [0.25, 0.3) is 0 Å². The molecule has 0 aliphatic rings. The fourth-order valence-electron chi connectivity index (χ4n) is 0.711. The molecule has 0 saturated heterocycles. The second-order valence-corrected chi connectivity index (χ2v) is 2.51. The van der Waals surface area contributed by atoms with Crippen molar-refractivity contribution in [3.8, 4) is 0 Å². The molecule has 1 N–H and O–H groups in total. The van der Waals surface area contributed by atoms with E-state index in [1.54, 1.807) is 13.8 Å². The zero-order valence-electron chi connectivity index (χ0n) is 6.50. The maximum Gasteiger partial charge on any atom is 0.188 e. The van der Waals surface area contributed by atoms with Gasteiger partial charge in [-0.05, 0) is 13.8 Å². The summed E-state index contributed by atoms with van der Waals surface area (Å²) in [5, 5.41) is 9.01. The summed E-state index contributed by atoms with van der Waals surface area (Å²) >= 11 is 0. The van der Waals surface area contributed by atoms with E-state index in [0.717, 1.165) is 0 Å². The zero-order chi connectivity index (χ0) is 8.43. The van der Waals surface area contributed by atoms with Crippen molar-refractivity contribution in [3.63, 3.8) is 0 Å². The molecule has 60 valence electrons. The lowest BCUT2D eigenvalue weighted by atomic mass is 10.2. The van der Waals surface area contributed by atoms with Crippen LogP contribution in [0.4, 0.5) is 0 Å². The topological polar surface area (TPSA) is 50.4 Å². The van der Waals surface area contributed by atoms with Gasteiger partial charge in [0.25, 0.3) is 0 Å². The van der Waals surface area contributed by atoms with E-state index >= 15 is 0 Å². The molecule has 1 unspecified atom stereocenters. The standard InChI is InChI=1S/C8H10O3/c1-5-4-11-8(6(2)9)3-7(5)10/h3-4,6,9H,1-2H3. The van der Waals surface area contributed by atoms with Crippen molar-refractivity contribution in [2.75, 3.05) is 0 Å². The highest BCUT2D eigenvalue weighted by Gasteiger charge is 2.04. The van der Waals surface area contributed by atoms with E-state index in [4.69, 9.17) is 9.52 Å². The van der Waals surface area contributed by atoms with Crippen LogP contribution in [0.3, 0.4) is 0 Å². The van der Waals surface area contributed by atoms with Crippen molar-refractivity contribution in [2.45, 2.75) is 20.0 Å². The Morgan fingerprint density at radius 3 is 2.73 bits per heavy atom. The Bertz CT molecular complexity index is 298. The average Bonchev–Trinajstić information content (AvgIpc) is 1.94. The fourth-order valence-corrected chi connectivity index (χ4v) is 0.711. The van der Waals surface area contributed by atoms with E-state index in [2.05, 4.69) is 0 Å². The van der Waals surface area contributed by atoms with Gasteiger partial charge in [0.05, 0.1) is 6.26 Å². The summed E-state index contributed by atoms with van der Waals surface area (Å²) in [6.07, 6.45) is 0.632. The third-order valence-corrected chi connectivity index (χ3v) is 1.45. The second-order valence-electron chi connectivity index (χ2n) is 2.51. The molecule has 0 amide bonds. The molecule has 1 aromatic rings. The predicted molar refractivity (Wildman–Crippen MR) is 40.3 cm³/mol. The van der Waals surface area contributed by atoms with Crippen LogP contribution in [0.15, 0.2) is 21.5 Å². The third kappa shape index (κ3) is 1.68. The lowest BCUT2D eigenvalue weighted by molar-refractivity contribution is 0.166. The van der Waals surface area contributed by atoms with Gasteiger partial charge in [0.15, 0.2) is 5.43 Å². The Balaban J connectivity index is 3.16. The molecule has 1 rings (SSSR count). The van der Waals surface area contributed by atoms with Crippen LogP contribution in [0.5, 0.6) is 0 Å². The highest BCUT2D eigenvalue weighted by molar-refractivity contribution is 5.10. The quantitative estimate of drug-likeness (QED) is 0.656. The molecule has 0 aromatic carbocycles. The van der Waals surface area contributed by atoms with Crippen LogP contribution in [0.1, 0.15) is 24.4 Å². The monoisotopic (exact) mass is 154 g/mol. The minimum Gasteiger partial charge on any atom is -0.466 e. The summed E-state index contributed by atoms with van der Waals surface area (Å²) in [6.45, 7) is 3.21. The Kier molecular flexibility index (Phi) is 2.10. The Hall–Kier alpha value is -1.09. The molecule has 0 fully saturated rings. The van der Waals surface area contributed by atoms with Crippen LogP contribution < -0.4 is 5.43 Å². The highest BCUT2D eigenvalue weighted by Crippen LogP contribution is 2.08. The first-order valence-electron chi connectivity index (χ1n) is 3.38. The molecular formula is C8H10O3. The number of aliphatic hydroxyl groups is 1. The van der Waals surface area contributed by atoms with Crippen LogP contribution in [-0.4, -0.2) is 5.11 Å². The van der Waals surface area contributed by atoms with E-state index in [1.165, 1.54) is 12.3 Å².